The Hall–Kier alpha value is -8.34. The zero-order valence-corrected chi connectivity index (χ0v) is 37.7. The van der Waals surface area contributed by atoms with E-state index in [1.165, 1.54) is 83.0 Å². The summed E-state index contributed by atoms with van der Waals surface area (Å²) < 4.78 is 17.1. The molecule has 5 aliphatic rings. The van der Waals surface area contributed by atoms with Gasteiger partial charge in [0.2, 0.25) is 0 Å². The molecule has 1 unspecified atom stereocenters. The molecule has 0 saturated heterocycles. The number of ether oxygens (including phenoxy) is 2. The van der Waals surface area contributed by atoms with Gasteiger partial charge in [0.25, 0.3) is 0 Å². The Morgan fingerprint density at radius 1 is 0.485 bits per heavy atom. The monoisotopic (exact) mass is 872 g/mol. The average molecular weight is 873 g/mol. The van der Waals surface area contributed by atoms with Gasteiger partial charge >= 0.3 is 0 Å². The van der Waals surface area contributed by atoms with E-state index in [2.05, 4.69) is 236 Å². The molecule has 1 aliphatic heterocycles. The van der Waals surface area contributed by atoms with Crippen LogP contribution in [0.15, 0.2) is 224 Å². The lowest BCUT2D eigenvalue weighted by atomic mass is 9.70. The second-order valence-electron chi connectivity index (χ2n) is 19.4. The number of aromatic nitrogens is 1. The van der Waals surface area contributed by atoms with Gasteiger partial charge < -0.3 is 18.9 Å². The summed E-state index contributed by atoms with van der Waals surface area (Å²) in [5.41, 5.74) is 20.3. The van der Waals surface area contributed by atoms with Gasteiger partial charge in [-0.05, 0) is 128 Å². The fourth-order valence-corrected chi connectivity index (χ4v) is 12.9. The Kier molecular flexibility index (Phi) is 7.58. The number of hydrogen-bond acceptors (Lipinski definition) is 3. The second-order valence-corrected chi connectivity index (χ2v) is 19.4. The Morgan fingerprint density at radius 3 is 1.84 bits per heavy atom. The Bertz CT molecular complexity index is 3840. The number of benzene rings is 9. The summed E-state index contributed by atoms with van der Waals surface area (Å²) in [5, 5.41) is 2.42. The van der Waals surface area contributed by atoms with E-state index in [4.69, 9.17) is 9.47 Å². The molecule has 1 atom stereocenters. The number of allylic oxidation sites excluding steroid dienone is 1. The van der Waals surface area contributed by atoms with Gasteiger partial charge in [0, 0.05) is 38.8 Å². The van der Waals surface area contributed by atoms with Crippen molar-refractivity contribution >= 4 is 33.2 Å². The summed E-state index contributed by atoms with van der Waals surface area (Å²) in [7, 11) is 0. The summed E-state index contributed by atoms with van der Waals surface area (Å²) in [6, 6.07) is 73.4. The van der Waals surface area contributed by atoms with Crippen molar-refractivity contribution in [2.45, 2.75) is 37.1 Å². The van der Waals surface area contributed by atoms with Gasteiger partial charge in [0.15, 0.2) is 23.0 Å². The van der Waals surface area contributed by atoms with Crippen LogP contribution < -0.4 is 14.4 Å². The van der Waals surface area contributed by atoms with E-state index in [1.54, 1.807) is 0 Å². The molecule has 0 N–H and O–H groups in total. The van der Waals surface area contributed by atoms with E-state index < -0.39 is 5.41 Å². The minimum atomic E-state index is -0.475. The predicted molar refractivity (Wildman–Crippen MR) is 275 cm³/mol. The molecule has 1 spiro atoms. The molecule has 15 rings (SSSR count). The van der Waals surface area contributed by atoms with Crippen molar-refractivity contribution in [2.75, 3.05) is 4.90 Å². The number of anilines is 2. The molecular formula is C64H44N2O2. The lowest BCUT2D eigenvalue weighted by Gasteiger charge is -2.39. The number of rotatable bonds is 4. The minimum absolute atomic E-state index is 0.171. The van der Waals surface area contributed by atoms with Gasteiger partial charge in [0.1, 0.15) is 0 Å². The SMILES string of the molecule is CC1(C)c2ccccc2-c2ccc(N(c3ccc4c(c3)c3ccccc3n4-c3ccccc3)C3CC=CC4=C3Oc3ccc5c(c3O4)-c3ccccc3C53c4ccccc4-c4ccccc43)cc21. The minimum Gasteiger partial charge on any atom is -0.452 e. The van der Waals surface area contributed by atoms with Gasteiger partial charge in [-0.25, -0.2) is 0 Å². The van der Waals surface area contributed by atoms with Crippen molar-refractivity contribution in [1.29, 1.82) is 0 Å². The quantitative estimate of drug-likeness (QED) is 0.176. The van der Waals surface area contributed by atoms with Crippen LogP contribution in [0.2, 0.25) is 0 Å². The third-order valence-electron chi connectivity index (χ3n) is 15.8. The van der Waals surface area contributed by atoms with Gasteiger partial charge in [-0.15, -0.1) is 0 Å². The van der Waals surface area contributed by atoms with Crippen molar-refractivity contribution in [3.63, 3.8) is 0 Å². The molecule has 0 radical (unpaired) electrons. The highest BCUT2D eigenvalue weighted by Gasteiger charge is 2.53. The highest BCUT2D eigenvalue weighted by molar-refractivity contribution is 6.10. The van der Waals surface area contributed by atoms with E-state index in [0.717, 1.165) is 52.1 Å². The largest absolute Gasteiger partial charge is 0.452 e. The molecule has 322 valence electrons. The van der Waals surface area contributed by atoms with E-state index in [9.17, 15) is 0 Å². The molecular weight excluding hydrogens is 829 g/mol. The third-order valence-corrected chi connectivity index (χ3v) is 15.8. The average Bonchev–Trinajstić information content (AvgIpc) is 4.06. The van der Waals surface area contributed by atoms with E-state index in [0.29, 0.717) is 0 Å². The molecule has 2 heterocycles. The first-order chi connectivity index (χ1) is 33.5. The smallest absolute Gasteiger partial charge is 0.178 e. The van der Waals surface area contributed by atoms with Gasteiger partial charge in [-0.1, -0.05) is 166 Å². The zero-order chi connectivity index (χ0) is 44.9. The fourth-order valence-electron chi connectivity index (χ4n) is 12.9. The standard InChI is InChI=1S/C64H44N2O2/c1-63(2)49-24-11-6-19-42(49)45-33-31-41(38-54(45)63)65(40-32-35-56-48(37-40)46-22-10-15-28-55(46)66(56)39-17-4-3-5-18-39)57-29-16-30-58-61(57)67-59-36-34-53-60(62(59)68-58)47-23-9-14-27-52(47)64(53)50-25-12-7-20-43(50)44-21-8-13-26-51(44)64/h3-28,30-38,57H,29H2,1-2H3. The van der Waals surface area contributed by atoms with Crippen LogP contribution >= 0.6 is 0 Å². The maximum atomic E-state index is 7.36. The van der Waals surface area contributed by atoms with Crippen LogP contribution in [0.4, 0.5) is 11.4 Å². The number of para-hydroxylation sites is 2. The molecule has 4 nitrogen and oxygen atoms in total. The molecule has 68 heavy (non-hydrogen) atoms. The normalized spacial score (nSPS) is 16.8. The van der Waals surface area contributed by atoms with Crippen molar-refractivity contribution in [3.05, 3.63) is 257 Å². The molecule has 10 aromatic rings. The number of nitrogens with zero attached hydrogens (tertiary/aromatic N) is 2. The van der Waals surface area contributed by atoms with Crippen molar-refractivity contribution in [2.24, 2.45) is 0 Å². The van der Waals surface area contributed by atoms with Crippen LogP contribution in [0.1, 0.15) is 53.6 Å². The highest BCUT2D eigenvalue weighted by atomic mass is 16.6. The molecule has 0 bridgehead atoms. The Balaban J connectivity index is 0.915. The van der Waals surface area contributed by atoms with Crippen LogP contribution in [0.3, 0.4) is 0 Å². The number of hydrogen-bond donors (Lipinski definition) is 0. The Labute approximate surface area is 395 Å². The molecule has 4 aliphatic carbocycles. The summed E-state index contributed by atoms with van der Waals surface area (Å²) in [6.07, 6.45) is 5.12. The van der Waals surface area contributed by atoms with Crippen molar-refractivity contribution in [1.82, 2.24) is 4.57 Å². The summed E-state index contributed by atoms with van der Waals surface area (Å²) in [6.45, 7) is 4.72. The van der Waals surface area contributed by atoms with Crippen molar-refractivity contribution < 1.29 is 9.47 Å². The van der Waals surface area contributed by atoms with E-state index in [-0.39, 0.29) is 11.5 Å². The Morgan fingerprint density at radius 2 is 1.07 bits per heavy atom. The summed E-state index contributed by atoms with van der Waals surface area (Å²) >= 11 is 0. The predicted octanol–water partition coefficient (Wildman–Crippen LogP) is 15.6. The molecule has 0 saturated carbocycles. The first-order valence-electron chi connectivity index (χ1n) is 23.9. The lowest BCUT2D eigenvalue weighted by Crippen LogP contribution is -2.38. The van der Waals surface area contributed by atoms with Gasteiger partial charge in [-0.3, -0.25) is 0 Å². The molecule has 0 fully saturated rings. The first-order valence-corrected chi connectivity index (χ1v) is 23.9. The van der Waals surface area contributed by atoms with E-state index >= 15 is 0 Å². The van der Waals surface area contributed by atoms with E-state index in [1.807, 2.05) is 0 Å². The molecule has 4 heteroatoms. The third kappa shape index (κ3) is 4.84. The van der Waals surface area contributed by atoms with Crippen LogP contribution in [-0.2, 0) is 10.8 Å². The van der Waals surface area contributed by atoms with Crippen molar-refractivity contribution in [3.8, 4) is 50.6 Å². The van der Waals surface area contributed by atoms with Gasteiger partial charge in [-0.2, -0.15) is 0 Å². The topological polar surface area (TPSA) is 26.6 Å². The molecule has 1 aromatic heterocycles. The fraction of sp³-hybridized carbons (Fsp3) is 0.0938. The van der Waals surface area contributed by atoms with Crippen LogP contribution in [0, 0.1) is 0 Å². The van der Waals surface area contributed by atoms with Gasteiger partial charge in [0.05, 0.1) is 22.5 Å². The zero-order valence-electron chi connectivity index (χ0n) is 37.7. The van der Waals surface area contributed by atoms with Crippen LogP contribution in [0.5, 0.6) is 11.5 Å². The maximum Gasteiger partial charge on any atom is 0.178 e. The van der Waals surface area contributed by atoms with Crippen LogP contribution in [0.25, 0.3) is 60.9 Å². The highest BCUT2D eigenvalue weighted by Crippen LogP contribution is 2.66. The maximum absolute atomic E-state index is 7.36. The lowest BCUT2D eigenvalue weighted by molar-refractivity contribution is 0.278. The number of fused-ring (bicyclic) bond motifs is 18. The van der Waals surface area contributed by atoms with Crippen LogP contribution in [-0.4, -0.2) is 10.6 Å². The second kappa shape index (κ2) is 13.6. The summed E-state index contributed by atoms with van der Waals surface area (Å²) in [5.74, 6) is 3.07. The first kappa shape index (κ1) is 37.8. The summed E-state index contributed by atoms with van der Waals surface area (Å²) in [4.78, 5) is 2.50. The molecule has 9 aromatic carbocycles. The molecule has 0 amide bonds.